The molecule has 0 spiro atoms. The van der Waals surface area contributed by atoms with E-state index in [1.54, 1.807) is 24.3 Å². The van der Waals surface area contributed by atoms with Gasteiger partial charge < -0.3 is 9.84 Å². The number of hydrogen-bond acceptors (Lipinski definition) is 6. The van der Waals surface area contributed by atoms with Crippen molar-refractivity contribution in [2.75, 3.05) is 21.9 Å². The Kier molecular flexibility index (Phi) is 5.53. The van der Waals surface area contributed by atoms with E-state index >= 15 is 0 Å². The van der Waals surface area contributed by atoms with Crippen molar-refractivity contribution in [2.45, 2.75) is 33.1 Å². The summed E-state index contributed by atoms with van der Waals surface area (Å²) in [5.74, 6) is 0.814. The van der Waals surface area contributed by atoms with Gasteiger partial charge in [0.15, 0.2) is 5.82 Å². The van der Waals surface area contributed by atoms with Crippen LogP contribution in [0.2, 0.25) is 0 Å². The number of amides is 1. The first-order valence-corrected chi connectivity index (χ1v) is 11.7. The van der Waals surface area contributed by atoms with Crippen LogP contribution in [0.3, 0.4) is 0 Å². The summed E-state index contributed by atoms with van der Waals surface area (Å²) in [7, 11) is -3.32. The lowest BCUT2D eigenvalue weighted by Crippen LogP contribution is -2.25. The van der Waals surface area contributed by atoms with Gasteiger partial charge in [-0.2, -0.15) is 4.98 Å². The minimum atomic E-state index is -3.32. The van der Waals surface area contributed by atoms with E-state index in [0.29, 0.717) is 47.2 Å². The van der Waals surface area contributed by atoms with Gasteiger partial charge in [-0.05, 0) is 43.2 Å². The number of carbonyl (C=O) groups is 1. The van der Waals surface area contributed by atoms with Crippen molar-refractivity contribution in [1.82, 2.24) is 10.1 Å². The molecule has 31 heavy (non-hydrogen) atoms. The lowest BCUT2D eigenvalue weighted by molar-refractivity contribution is 0.102. The first-order valence-electron chi connectivity index (χ1n) is 10.1. The summed E-state index contributed by atoms with van der Waals surface area (Å²) in [4.78, 5) is 17.5. The highest BCUT2D eigenvalue weighted by atomic mass is 32.2. The number of carbonyl (C=O) groups excluding carboxylic acids is 1. The van der Waals surface area contributed by atoms with Crippen molar-refractivity contribution in [1.29, 1.82) is 0 Å². The van der Waals surface area contributed by atoms with Gasteiger partial charge in [0.1, 0.15) is 0 Å². The Balaban J connectivity index is 1.64. The average molecular weight is 441 g/mol. The lowest BCUT2D eigenvalue weighted by atomic mass is 10.1. The van der Waals surface area contributed by atoms with E-state index in [4.69, 9.17) is 4.52 Å². The van der Waals surface area contributed by atoms with Crippen LogP contribution in [0.25, 0.3) is 11.5 Å². The molecule has 4 rings (SSSR count). The smallest absolute Gasteiger partial charge is 0.260 e. The Morgan fingerprint density at radius 3 is 2.65 bits per heavy atom. The third-order valence-corrected chi connectivity index (χ3v) is 7.07. The normalized spacial score (nSPS) is 15.4. The summed E-state index contributed by atoms with van der Waals surface area (Å²) in [6.45, 7) is 6.25. The predicted octanol–water partition coefficient (Wildman–Crippen LogP) is 3.96. The van der Waals surface area contributed by atoms with E-state index in [2.05, 4.69) is 15.5 Å². The van der Waals surface area contributed by atoms with Crippen molar-refractivity contribution < 1.29 is 17.7 Å². The fraction of sp³-hybridized carbons (Fsp3) is 0.318. The standard InChI is InChI=1S/C22H24N4O4S/c1-14(2)20-24-22(30-25-20)18-10-4-7-15(3)19(18)23-21(27)16-8-5-9-17(13-16)26-11-6-12-31(26,28)29/h4-5,7-10,13-14H,6,11-12H2,1-3H3,(H,23,27). The van der Waals surface area contributed by atoms with Crippen LogP contribution in [-0.2, 0) is 10.0 Å². The second-order valence-electron chi connectivity index (χ2n) is 7.86. The summed E-state index contributed by atoms with van der Waals surface area (Å²) < 4.78 is 31.2. The van der Waals surface area contributed by atoms with Crippen molar-refractivity contribution in [3.8, 4) is 11.5 Å². The number of rotatable bonds is 5. The molecule has 2 heterocycles. The number of aromatic nitrogens is 2. The lowest BCUT2D eigenvalue weighted by Gasteiger charge is -2.18. The third-order valence-electron chi connectivity index (χ3n) is 5.20. The highest BCUT2D eigenvalue weighted by molar-refractivity contribution is 7.93. The summed E-state index contributed by atoms with van der Waals surface area (Å²) in [5.41, 5.74) is 2.90. The average Bonchev–Trinajstić information content (AvgIpc) is 3.36. The molecule has 1 aromatic heterocycles. The highest BCUT2D eigenvalue weighted by Gasteiger charge is 2.29. The number of hydrogen-bond donors (Lipinski definition) is 1. The summed E-state index contributed by atoms with van der Waals surface area (Å²) in [5, 5.41) is 6.94. The van der Waals surface area contributed by atoms with Crippen LogP contribution >= 0.6 is 0 Å². The molecule has 1 N–H and O–H groups in total. The van der Waals surface area contributed by atoms with Crippen LogP contribution in [0.1, 0.15) is 47.9 Å². The van der Waals surface area contributed by atoms with Crippen LogP contribution in [0.15, 0.2) is 47.0 Å². The molecule has 1 amide bonds. The van der Waals surface area contributed by atoms with Crippen LogP contribution in [0.5, 0.6) is 0 Å². The van der Waals surface area contributed by atoms with E-state index in [1.807, 2.05) is 39.0 Å². The number of aryl methyl sites for hydroxylation is 1. The SMILES string of the molecule is Cc1cccc(-c2nc(C(C)C)no2)c1NC(=O)c1cccc(N2CCCS2(=O)=O)c1. The van der Waals surface area contributed by atoms with Crippen molar-refractivity contribution in [2.24, 2.45) is 0 Å². The first kappa shape index (κ1) is 21.0. The fourth-order valence-corrected chi connectivity index (χ4v) is 5.06. The predicted molar refractivity (Wildman–Crippen MR) is 119 cm³/mol. The molecule has 9 heteroatoms. The molecule has 1 aliphatic rings. The molecule has 1 fully saturated rings. The topological polar surface area (TPSA) is 105 Å². The number of benzene rings is 2. The number of sulfonamides is 1. The second-order valence-corrected chi connectivity index (χ2v) is 9.87. The molecular weight excluding hydrogens is 416 g/mol. The van der Waals surface area contributed by atoms with Crippen LogP contribution in [0.4, 0.5) is 11.4 Å². The number of anilines is 2. The van der Waals surface area contributed by atoms with Gasteiger partial charge in [0.25, 0.3) is 11.8 Å². The molecule has 162 valence electrons. The number of nitrogens with zero attached hydrogens (tertiary/aromatic N) is 3. The minimum Gasteiger partial charge on any atom is -0.334 e. The van der Waals surface area contributed by atoms with E-state index in [0.717, 1.165) is 5.56 Å². The van der Waals surface area contributed by atoms with Gasteiger partial charge in [-0.1, -0.05) is 37.2 Å². The van der Waals surface area contributed by atoms with Gasteiger partial charge in [-0.3, -0.25) is 9.10 Å². The Labute approximate surface area is 181 Å². The highest BCUT2D eigenvalue weighted by Crippen LogP contribution is 2.31. The van der Waals surface area contributed by atoms with Crippen molar-refractivity contribution >= 4 is 27.3 Å². The minimum absolute atomic E-state index is 0.116. The fourth-order valence-electron chi connectivity index (χ4n) is 3.51. The molecule has 3 aromatic rings. The Morgan fingerprint density at radius 1 is 1.19 bits per heavy atom. The monoisotopic (exact) mass is 440 g/mol. The van der Waals surface area contributed by atoms with Crippen LogP contribution < -0.4 is 9.62 Å². The number of para-hydroxylation sites is 1. The van der Waals surface area contributed by atoms with E-state index < -0.39 is 10.0 Å². The van der Waals surface area contributed by atoms with Gasteiger partial charge in [-0.15, -0.1) is 0 Å². The molecule has 0 saturated carbocycles. The van der Waals surface area contributed by atoms with Gasteiger partial charge in [0.05, 0.1) is 22.7 Å². The van der Waals surface area contributed by atoms with Crippen molar-refractivity contribution in [3.63, 3.8) is 0 Å². The zero-order valence-electron chi connectivity index (χ0n) is 17.6. The molecule has 8 nitrogen and oxygen atoms in total. The number of nitrogens with one attached hydrogen (secondary N) is 1. The molecule has 0 aliphatic carbocycles. The zero-order valence-corrected chi connectivity index (χ0v) is 18.4. The summed E-state index contributed by atoms with van der Waals surface area (Å²) >= 11 is 0. The maximum absolute atomic E-state index is 13.0. The Bertz CT molecular complexity index is 1230. The van der Waals surface area contributed by atoms with Crippen LogP contribution in [0, 0.1) is 6.92 Å². The molecule has 0 unspecified atom stereocenters. The Hall–Kier alpha value is -3.20. The van der Waals surface area contributed by atoms with E-state index in [1.165, 1.54) is 4.31 Å². The summed E-state index contributed by atoms with van der Waals surface area (Å²) in [6, 6.07) is 12.2. The van der Waals surface area contributed by atoms with Gasteiger partial charge in [0, 0.05) is 18.0 Å². The molecule has 1 saturated heterocycles. The zero-order chi connectivity index (χ0) is 22.2. The molecule has 0 atom stereocenters. The Morgan fingerprint density at radius 2 is 1.97 bits per heavy atom. The van der Waals surface area contributed by atoms with Gasteiger partial charge >= 0.3 is 0 Å². The third kappa shape index (κ3) is 4.18. The quantitative estimate of drug-likeness (QED) is 0.644. The summed E-state index contributed by atoms with van der Waals surface area (Å²) in [6.07, 6.45) is 0.577. The maximum atomic E-state index is 13.0. The molecule has 0 radical (unpaired) electrons. The van der Waals surface area contributed by atoms with E-state index in [-0.39, 0.29) is 17.6 Å². The maximum Gasteiger partial charge on any atom is 0.260 e. The molecule has 1 aliphatic heterocycles. The van der Waals surface area contributed by atoms with E-state index in [9.17, 15) is 13.2 Å². The van der Waals surface area contributed by atoms with Crippen molar-refractivity contribution in [3.05, 3.63) is 59.4 Å². The first-order chi connectivity index (χ1) is 14.8. The van der Waals surface area contributed by atoms with Gasteiger partial charge in [0.2, 0.25) is 10.0 Å². The largest absolute Gasteiger partial charge is 0.334 e. The van der Waals surface area contributed by atoms with Gasteiger partial charge in [-0.25, -0.2) is 8.42 Å². The molecule has 0 bridgehead atoms. The van der Waals surface area contributed by atoms with Crippen LogP contribution in [-0.4, -0.2) is 36.8 Å². The molecular formula is C22H24N4O4S. The molecule has 2 aromatic carbocycles. The second kappa shape index (κ2) is 8.14.